The fourth-order valence-corrected chi connectivity index (χ4v) is 5.17. The number of nitrogens with two attached hydrogens (primary N) is 1. The van der Waals surface area contributed by atoms with Crippen LogP contribution >= 0.6 is 23.1 Å². The van der Waals surface area contributed by atoms with E-state index in [4.69, 9.17) is 5.84 Å². The van der Waals surface area contributed by atoms with E-state index < -0.39 is 10.2 Å². The standard InChI is InChI=1S/C20H23N7O3S2/c1-12(32-20-25-24-17(26(20)21)13-6-3-2-4-7-13)18(28)23-19-22-16(11-31-19)14-8-5-9-15(10-14)27(29)30/h5,8-13H,2-4,6-7,21H2,1H3,(H,22,23,28)/t12-/m1/s1. The van der Waals surface area contributed by atoms with Crippen molar-refractivity contribution in [3.8, 4) is 11.3 Å². The Kier molecular flexibility index (Phi) is 6.70. The van der Waals surface area contributed by atoms with Gasteiger partial charge in [-0.3, -0.25) is 14.9 Å². The fourth-order valence-electron chi connectivity index (χ4n) is 3.67. The van der Waals surface area contributed by atoms with Crippen molar-refractivity contribution < 1.29 is 9.72 Å². The van der Waals surface area contributed by atoms with E-state index in [1.807, 2.05) is 0 Å². The molecule has 1 aliphatic carbocycles. The lowest BCUT2D eigenvalue weighted by Crippen LogP contribution is -2.24. The number of benzene rings is 1. The van der Waals surface area contributed by atoms with Gasteiger partial charge in [0, 0.05) is 29.0 Å². The van der Waals surface area contributed by atoms with E-state index in [1.165, 1.54) is 59.2 Å². The van der Waals surface area contributed by atoms with Crippen LogP contribution in [0.15, 0.2) is 34.8 Å². The van der Waals surface area contributed by atoms with Crippen LogP contribution < -0.4 is 11.2 Å². The second-order valence-corrected chi connectivity index (χ2v) is 9.81. The minimum absolute atomic E-state index is 0.00963. The highest BCUT2D eigenvalue weighted by atomic mass is 32.2. The monoisotopic (exact) mass is 473 g/mol. The van der Waals surface area contributed by atoms with Crippen LogP contribution in [0.5, 0.6) is 0 Å². The van der Waals surface area contributed by atoms with Crippen LogP contribution in [0.3, 0.4) is 0 Å². The number of non-ortho nitro benzene ring substituents is 1. The Balaban J connectivity index is 1.39. The van der Waals surface area contributed by atoms with Gasteiger partial charge in [-0.2, -0.15) is 0 Å². The van der Waals surface area contributed by atoms with Gasteiger partial charge >= 0.3 is 0 Å². The fraction of sp³-hybridized carbons (Fsp3) is 0.400. The summed E-state index contributed by atoms with van der Waals surface area (Å²) in [5.41, 5.74) is 1.17. The predicted octanol–water partition coefficient (Wildman–Crippen LogP) is 4.19. The van der Waals surface area contributed by atoms with E-state index >= 15 is 0 Å². The maximum atomic E-state index is 12.7. The van der Waals surface area contributed by atoms with E-state index in [1.54, 1.807) is 24.4 Å². The summed E-state index contributed by atoms with van der Waals surface area (Å²) in [4.78, 5) is 27.6. The average molecular weight is 474 g/mol. The Hall–Kier alpha value is -2.99. The van der Waals surface area contributed by atoms with E-state index in [-0.39, 0.29) is 11.6 Å². The third-order valence-corrected chi connectivity index (χ3v) is 7.21. The molecular weight excluding hydrogens is 450 g/mol. The molecule has 1 saturated carbocycles. The molecule has 0 unspecified atom stereocenters. The second kappa shape index (κ2) is 9.65. The highest BCUT2D eigenvalue weighted by Crippen LogP contribution is 2.33. The molecule has 0 saturated heterocycles. The van der Waals surface area contributed by atoms with E-state index in [0.717, 1.165) is 18.7 Å². The zero-order valence-electron chi connectivity index (χ0n) is 17.4. The van der Waals surface area contributed by atoms with Crippen LogP contribution in [0.25, 0.3) is 11.3 Å². The molecule has 1 aromatic carbocycles. The van der Waals surface area contributed by atoms with E-state index in [2.05, 4.69) is 20.5 Å². The number of anilines is 1. The van der Waals surface area contributed by atoms with Crippen LogP contribution in [0.4, 0.5) is 10.8 Å². The van der Waals surface area contributed by atoms with Crippen LogP contribution in [0.1, 0.15) is 50.8 Å². The smallest absolute Gasteiger partial charge is 0.270 e. The molecule has 4 rings (SSSR count). The summed E-state index contributed by atoms with van der Waals surface area (Å²) < 4.78 is 1.51. The molecule has 1 fully saturated rings. The number of nitro benzene ring substituents is 1. The number of nitrogens with one attached hydrogen (secondary N) is 1. The maximum Gasteiger partial charge on any atom is 0.270 e. The summed E-state index contributed by atoms with van der Waals surface area (Å²) in [6, 6.07) is 6.23. The Morgan fingerprint density at radius 1 is 1.34 bits per heavy atom. The number of carbonyl (C=O) groups is 1. The highest BCUT2D eigenvalue weighted by molar-refractivity contribution is 8.00. The van der Waals surface area contributed by atoms with Gasteiger partial charge in [0.05, 0.1) is 15.9 Å². The van der Waals surface area contributed by atoms with Crippen molar-refractivity contribution in [1.29, 1.82) is 0 Å². The molecule has 1 amide bonds. The van der Waals surface area contributed by atoms with Gasteiger partial charge in [0.25, 0.3) is 5.69 Å². The Bertz CT molecular complexity index is 1120. The van der Waals surface area contributed by atoms with Gasteiger partial charge in [-0.1, -0.05) is 43.2 Å². The van der Waals surface area contributed by atoms with Gasteiger partial charge in [-0.25, -0.2) is 9.66 Å². The molecule has 3 aromatic rings. The van der Waals surface area contributed by atoms with E-state index in [0.29, 0.717) is 27.5 Å². The van der Waals surface area contributed by atoms with Crippen LogP contribution in [-0.2, 0) is 4.79 Å². The largest absolute Gasteiger partial charge is 0.336 e. The first-order chi connectivity index (χ1) is 15.4. The summed E-state index contributed by atoms with van der Waals surface area (Å²) in [7, 11) is 0. The topological polar surface area (TPSA) is 142 Å². The van der Waals surface area contributed by atoms with Crippen molar-refractivity contribution in [1.82, 2.24) is 19.9 Å². The Morgan fingerprint density at radius 2 is 2.12 bits per heavy atom. The van der Waals surface area contributed by atoms with Gasteiger partial charge in [0.2, 0.25) is 11.1 Å². The molecule has 0 radical (unpaired) electrons. The Labute approximate surface area is 192 Å². The molecule has 32 heavy (non-hydrogen) atoms. The first-order valence-corrected chi connectivity index (χ1v) is 12.1. The van der Waals surface area contributed by atoms with Crippen LogP contribution in [0, 0.1) is 10.1 Å². The maximum absolute atomic E-state index is 12.7. The number of nitrogens with zero attached hydrogens (tertiary/aromatic N) is 5. The number of carbonyl (C=O) groups excluding carboxylic acids is 1. The molecule has 0 aliphatic heterocycles. The lowest BCUT2D eigenvalue weighted by Gasteiger charge is -2.20. The lowest BCUT2D eigenvalue weighted by atomic mass is 9.89. The minimum Gasteiger partial charge on any atom is -0.336 e. The second-order valence-electron chi connectivity index (χ2n) is 7.64. The number of aromatic nitrogens is 4. The number of nitrogen functional groups attached to an aromatic ring is 1. The zero-order chi connectivity index (χ0) is 22.7. The summed E-state index contributed by atoms with van der Waals surface area (Å²) in [5, 5.41) is 24.4. The summed E-state index contributed by atoms with van der Waals surface area (Å²) >= 11 is 2.50. The third kappa shape index (κ3) is 4.91. The summed E-state index contributed by atoms with van der Waals surface area (Å²) in [5.74, 6) is 7.08. The quantitative estimate of drug-likeness (QED) is 0.225. The molecule has 2 aromatic heterocycles. The van der Waals surface area contributed by atoms with Crippen molar-refractivity contribution in [3.05, 3.63) is 45.6 Å². The molecule has 12 heteroatoms. The van der Waals surface area contributed by atoms with Crippen molar-refractivity contribution >= 4 is 39.8 Å². The zero-order valence-corrected chi connectivity index (χ0v) is 19.1. The number of nitro groups is 1. The van der Waals surface area contributed by atoms with Gasteiger partial charge in [-0.05, 0) is 19.8 Å². The molecule has 2 heterocycles. The molecule has 10 nitrogen and oxygen atoms in total. The first kappa shape index (κ1) is 22.2. The molecular formula is C20H23N7O3S2. The molecule has 0 spiro atoms. The highest BCUT2D eigenvalue weighted by Gasteiger charge is 2.25. The van der Waals surface area contributed by atoms with Crippen LogP contribution in [0.2, 0.25) is 0 Å². The number of rotatable bonds is 7. The van der Waals surface area contributed by atoms with Crippen LogP contribution in [-0.4, -0.2) is 35.9 Å². The Morgan fingerprint density at radius 3 is 2.88 bits per heavy atom. The number of thioether (sulfide) groups is 1. The van der Waals surface area contributed by atoms with Gasteiger partial charge < -0.3 is 11.2 Å². The molecule has 1 aliphatic rings. The lowest BCUT2D eigenvalue weighted by molar-refractivity contribution is -0.384. The number of amides is 1. The number of thiazole rings is 1. The van der Waals surface area contributed by atoms with Gasteiger partial charge in [0.15, 0.2) is 11.0 Å². The predicted molar refractivity (Wildman–Crippen MR) is 124 cm³/mol. The molecule has 0 bridgehead atoms. The minimum atomic E-state index is -0.467. The molecule has 168 valence electrons. The van der Waals surface area contributed by atoms with Crippen molar-refractivity contribution in [2.45, 2.75) is 55.4 Å². The van der Waals surface area contributed by atoms with Crippen molar-refractivity contribution in [2.75, 3.05) is 11.2 Å². The molecule has 3 N–H and O–H groups in total. The van der Waals surface area contributed by atoms with E-state index in [9.17, 15) is 14.9 Å². The van der Waals surface area contributed by atoms with Crippen molar-refractivity contribution in [2.24, 2.45) is 0 Å². The number of hydrogen-bond donors (Lipinski definition) is 2. The number of hydrogen-bond acceptors (Lipinski definition) is 9. The first-order valence-electron chi connectivity index (χ1n) is 10.3. The summed E-state index contributed by atoms with van der Waals surface area (Å²) in [6.07, 6.45) is 5.71. The van der Waals surface area contributed by atoms with Gasteiger partial charge in [-0.15, -0.1) is 21.5 Å². The van der Waals surface area contributed by atoms with Gasteiger partial charge in [0.1, 0.15) is 0 Å². The molecule has 1 atom stereocenters. The van der Waals surface area contributed by atoms with Crippen molar-refractivity contribution in [3.63, 3.8) is 0 Å². The SMILES string of the molecule is C[C@@H](Sc1nnc(C2CCCCC2)n1N)C(=O)Nc1nc(-c2cccc([N+](=O)[O-])c2)cs1. The third-order valence-electron chi connectivity index (χ3n) is 5.40. The average Bonchev–Trinajstić information content (AvgIpc) is 3.41. The summed E-state index contributed by atoms with van der Waals surface area (Å²) in [6.45, 7) is 1.77. The normalized spacial score (nSPS) is 15.4.